The Morgan fingerprint density at radius 2 is 2.15 bits per heavy atom. The van der Waals surface area contributed by atoms with Crippen LogP contribution >= 0.6 is 0 Å². The minimum Gasteiger partial charge on any atom is -0.348 e. The summed E-state index contributed by atoms with van der Waals surface area (Å²) in [5.74, 6) is 1.69. The number of H-pyrrole nitrogens is 1. The number of imidazole rings is 1. The Morgan fingerprint density at radius 1 is 1.30 bits per heavy atom. The summed E-state index contributed by atoms with van der Waals surface area (Å²) in [6.45, 7) is 6.46. The molecule has 2 heterocycles. The van der Waals surface area contributed by atoms with E-state index in [0.717, 1.165) is 32.0 Å². The molecular weight excluding hydrogens is 248 g/mol. The Kier molecular flexibility index (Phi) is 4.14. The lowest BCUT2D eigenvalue weighted by atomic mass is 10.1. The number of hydrogen-bond acceptors (Lipinski definition) is 3. The molecule has 0 radical (unpaired) electrons. The Morgan fingerprint density at radius 3 is 2.90 bits per heavy atom. The van der Waals surface area contributed by atoms with Crippen LogP contribution < -0.4 is 5.32 Å². The van der Waals surface area contributed by atoms with Crippen molar-refractivity contribution in [2.45, 2.75) is 26.1 Å². The van der Waals surface area contributed by atoms with Gasteiger partial charge in [0, 0.05) is 38.1 Å². The molecule has 0 saturated carbocycles. The van der Waals surface area contributed by atoms with Crippen molar-refractivity contribution in [2.75, 3.05) is 13.1 Å². The van der Waals surface area contributed by atoms with E-state index < -0.39 is 0 Å². The van der Waals surface area contributed by atoms with Gasteiger partial charge in [0.1, 0.15) is 5.82 Å². The molecule has 4 heteroatoms. The first kappa shape index (κ1) is 13.3. The Hall–Kier alpha value is -1.65. The molecule has 2 N–H and O–H groups in total. The number of likely N-dealkylation sites (tertiary alicyclic amines) is 1. The lowest BCUT2D eigenvalue weighted by Gasteiger charge is -2.16. The highest BCUT2D eigenvalue weighted by Gasteiger charge is 2.28. The normalized spacial score (nSPS) is 23.2. The number of benzene rings is 1. The topological polar surface area (TPSA) is 44.0 Å². The molecule has 0 aliphatic carbocycles. The second kappa shape index (κ2) is 6.20. The first-order chi connectivity index (χ1) is 9.81. The summed E-state index contributed by atoms with van der Waals surface area (Å²) in [5, 5.41) is 3.61. The molecule has 20 heavy (non-hydrogen) atoms. The SMILES string of the molecule is CC1CN(Cc2ccccc2)CC1NCc1ncc[nH]1. The van der Waals surface area contributed by atoms with E-state index in [-0.39, 0.29) is 0 Å². The summed E-state index contributed by atoms with van der Waals surface area (Å²) >= 11 is 0. The van der Waals surface area contributed by atoms with Crippen molar-refractivity contribution in [2.24, 2.45) is 5.92 Å². The Bertz CT molecular complexity index is 509. The van der Waals surface area contributed by atoms with Crippen LogP contribution in [0, 0.1) is 5.92 Å². The molecule has 3 rings (SSSR count). The van der Waals surface area contributed by atoms with Crippen LogP contribution in [0.1, 0.15) is 18.3 Å². The first-order valence-electron chi connectivity index (χ1n) is 7.29. The van der Waals surface area contributed by atoms with Crippen LogP contribution in [0.5, 0.6) is 0 Å². The van der Waals surface area contributed by atoms with Gasteiger partial charge in [-0.3, -0.25) is 4.90 Å². The Balaban J connectivity index is 1.51. The van der Waals surface area contributed by atoms with Crippen LogP contribution in [-0.4, -0.2) is 34.0 Å². The van der Waals surface area contributed by atoms with Gasteiger partial charge in [0.05, 0.1) is 6.54 Å². The number of aromatic nitrogens is 2. The van der Waals surface area contributed by atoms with Gasteiger partial charge in [0.25, 0.3) is 0 Å². The number of nitrogens with one attached hydrogen (secondary N) is 2. The highest BCUT2D eigenvalue weighted by molar-refractivity contribution is 5.14. The van der Waals surface area contributed by atoms with Crippen LogP contribution in [-0.2, 0) is 13.1 Å². The largest absolute Gasteiger partial charge is 0.348 e. The summed E-state index contributed by atoms with van der Waals surface area (Å²) in [6.07, 6.45) is 3.67. The second-order valence-electron chi connectivity index (χ2n) is 5.68. The zero-order valence-electron chi connectivity index (χ0n) is 11.9. The number of hydrogen-bond donors (Lipinski definition) is 2. The molecule has 2 unspecified atom stereocenters. The quantitative estimate of drug-likeness (QED) is 0.873. The van der Waals surface area contributed by atoms with Crippen LogP contribution in [0.2, 0.25) is 0 Å². The highest BCUT2D eigenvalue weighted by atomic mass is 15.2. The zero-order valence-corrected chi connectivity index (χ0v) is 11.9. The van der Waals surface area contributed by atoms with Crippen LogP contribution in [0.4, 0.5) is 0 Å². The van der Waals surface area contributed by atoms with Gasteiger partial charge in [0.2, 0.25) is 0 Å². The lowest BCUT2D eigenvalue weighted by Crippen LogP contribution is -2.35. The highest BCUT2D eigenvalue weighted by Crippen LogP contribution is 2.19. The van der Waals surface area contributed by atoms with E-state index in [4.69, 9.17) is 0 Å². The third-order valence-corrected chi connectivity index (χ3v) is 4.02. The fraction of sp³-hybridized carbons (Fsp3) is 0.438. The third-order valence-electron chi connectivity index (χ3n) is 4.02. The maximum atomic E-state index is 4.26. The molecule has 2 atom stereocenters. The number of nitrogens with zero attached hydrogens (tertiary/aromatic N) is 2. The average Bonchev–Trinajstić information content (AvgIpc) is 3.08. The van der Waals surface area contributed by atoms with E-state index in [1.807, 2.05) is 6.20 Å². The fourth-order valence-corrected chi connectivity index (χ4v) is 2.93. The molecule has 106 valence electrons. The van der Waals surface area contributed by atoms with Crippen molar-refractivity contribution in [1.82, 2.24) is 20.2 Å². The van der Waals surface area contributed by atoms with Crippen LogP contribution in [0.15, 0.2) is 42.7 Å². The third kappa shape index (κ3) is 3.26. The van der Waals surface area contributed by atoms with E-state index in [0.29, 0.717) is 12.0 Å². The van der Waals surface area contributed by atoms with E-state index in [9.17, 15) is 0 Å². The maximum Gasteiger partial charge on any atom is 0.120 e. The molecule has 1 saturated heterocycles. The molecule has 1 aromatic carbocycles. The Labute approximate surface area is 120 Å². The van der Waals surface area contributed by atoms with Crippen molar-refractivity contribution in [3.63, 3.8) is 0 Å². The predicted octanol–water partition coefficient (Wildman–Crippen LogP) is 2.02. The fourth-order valence-electron chi connectivity index (χ4n) is 2.93. The van der Waals surface area contributed by atoms with Gasteiger partial charge < -0.3 is 10.3 Å². The van der Waals surface area contributed by atoms with E-state index in [1.54, 1.807) is 6.20 Å². The predicted molar refractivity (Wildman–Crippen MR) is 80.1 cm³/mol. The van der Waals surface area contributed by atoms with Gasteiger partial charge in [-0.05, 0) is 11.5 Å². The summed E-state index contributed by atoms with van der Waals surface area (Å²) in [7, 11) is 0. The lowest BCUT2D eigenvalue weighted by molar-refractivity contribution is 0.316. The van der Waals surface area contributed by atoms with Crippen LogP contribution in [0.25, 0.3) is 0 Å². The first-order valence-corrected chi connectivity index (χ1v) is 7.29. The smallest absolute Gasteiger partial charge is 0.120 e. The summed E-state index contributed by atoms with van der Waals surface area (Å²) in [4.78, 5) is 9.92. The van der Waals surface area contributed by atoms with Gasteiger partial charge in [-0.1, -0.05) is 37.3 Å². The van der Waals surface area contributed by atoms with Crippen molar-refractivity contribution in [3.8, 4) is 0 Å². The average molecular weight is 270 g/mol. The monoisotopic (exact) mass is 270 g/mol. The van der Waals surface area contributed by atoms with Gasteiger partial charge in [0.15, 0.2) is 0 Å². The molecule has 1 aliphatic heterocycles. The zero-order chi connectivity index (χ0) is 13.8. The number of rotatable bonds is 5. The maximum absolute atomic E-state index is 4.26. The van der Waals surface area contributed by atoms with E-state index >= 15 is 0 Å². The molecular formula is C16H22N4. The molecule has 4 nitrogen and oxygen atoms in total. The van der Waals surface area contributed by atoms with Gasteiger partial charge in [-0.25, -0.2) is 4.98 Å². The van der Waals surface area contributed by atoms with Gasteiger partial charge in [-0.2, -0.15) is 0 Å². The molecule has 0 bridgehead atoms. The van der Waals surface area contributed by atoms with Crippen molar-refractivity contribution in [1.29, 1.82) is 0 Å². The van der Waals surface area contributed by atoms with Crippen molar-refractivity contribution >= 4 is 0 Å². The van der Waals surface area contributed by atoms with E-state index in [2.05, 4.69) is 57.4 Å². The number of aromatic amines is 1. The minimum atomic E-state index is 0.545. The summed E-state index contributed by atoms with van der Waals surface area (Å²) in [6, 6.07) is 11.2. The van der Waals surface area contributed by atoms with Gasteiger partial charge in [-0.15, -0.1) is 0 Å². The van der Waals surface area contributed by atoms with Crippen molar-refractivity contribution in [3.05, 3.63) is 54.1 Å². The molecule has 0 spiro atoms. The van der Waals surface area contributed by atoms with Gasteiger partial charge >= 0.3 is 0 Å². The summed E-state index contributed by atoms with van der Waals surface area (Å²) < 4.78 is 0. The standard InChI is InChI=1S/C16H22N4/c1-13-10-20(11-14-5-3-2-4-6-14)12-15(13)19-9-16-17-7-8-18-16/h2-8,13,15,19H,9-12H2,1H3,(H,17,18). The summed E-state index contributed by atoms with van der Waals surface area (Å²) in [5.41, 5.74) is 1.39. The minimum absolute atomic E-state index is 0.545. The molecule has 2 aromatic rings. The second-order valence-corrected chi connectivity index (χ2v) is 5.68. The molecule has 1 fully saturated rings. The van der Waals surface area contributed by atoms with E-state index in [1.165, 1.54) is 5.56 Å². The molecule has 0 amide bonds. The molecule has 1 aliphatic rings. The van der Waals surface area contributed by atoms with Crippen LogP contribution in [0.3, 0.4) is 0 Å². The molecule has 1 aromatic heterocycles. The van der Waals surface area contributed by atoms with Crippen molar-refractivity contribution < 1.29 is 0 Å².